The molecular weight excluding hydrogens is 912 g/mol. The molecule has 0 aromatic heterocycles. The van der Waals surface area contributed by atoms with Gasteiger partial charge in [-0.3, -0.25) is 14.4 Å². The van der Waals surface area contributed by atoms with Crippen molar-refractivity contribution in [1.29, 1.82) is 0 Å². The predicted octanol–water partition coefficient (Wildman–Crippen LogP) is 6.15. The fraction of sp³-hybridized carbons (Fsp3) is 0.800. The summed E-state index contributed by atoms with van der Waals surface area (Å²) in [6.45, 7) is 22.2. The molecule has 365 valence electrons. The molecular formula is C40H71Cl2N5O15V. The number of imide groups is 1. The second-order valence-corrected chi connectivity index (χ2v) is 18.2. The van der Waals surface area contributed by atoms with E-state index in [1.54, 1.807) is 83.1 Å². The van der Waals surface area contributed by atoms with Crippen LogP contribution in [0.3, 0.4) is 0 Å². The van der Waals surface area contributed by atoms with Crippen molar-refractivity contribution >= 4 is 71.4 Å². The van der Waals surface area contributed by atoms with Gasteiger partial charge in [-0.05, 0) is 128 Å². The first-order valence-electron chi connectivity index (χ1n) is 20.3. The molecule has 1 heterocycles. The molecule has 0 spiro atoms. The van der Waals surface area contributed by atoms with Crippen molar-refractivity contribution in [2.24, 2.45) is 5.73 Å². The number of alkyl halides is 2. The van der Waals surface area contributed by atoms with Crippen molar-refractivity contribution in [1.82, 2.24) is 21.0 Å². The Labute approximate surface area is 393 Å². The van der Waals surface area contributed by atoms with Crippen LogP contribution < -0.4 is 21.7 Å². The zero-order valence-corrected chi connectivity index (χ0v) is 41.8. The van der Waals surface area contributed by atoms with Gasteiger partial charge in [0.15, 0.2) is 0 Å². The summed E-state index contributed by atoms with van der Waals surface area (Å²) in [5.41, 5.74) is 2.90. The second kappa shape index (κ2) is 32.0. The average Bonchev–Trinajstić information content (AvgIpc) is 3.41. The Bertz CT molecular complexity index is 1420. The number of nitrogens with two attached hydrogens (primary N) is 1. The van der Waals surface area contributed by atoms with Crippen LogP contribution in [0.1, 0.15) is 134 Å². The third-order valence-electron chi connectivity index (χ3n) is 6.68. The standard InChI is InChI=1S/C18H33ClN2O6.C15H30N2O4.C7H8ClNO5.V/c1-17(2,3)26-14(22)13(21-16(24)27-18(4,5)6)9-7-8-11-20-15(23)25-12-10-19;1-14(2,3)20-12(18)11(9-7-8-10-16)17-13(19)21-15(4,5)6;8-3-4-13-7(12)14-9-5(10)1-2-6(9)11;/h13H,7-12H2,1-6H3,(H,20,23)(H,21,24);11H,7-10,16H2,1-6H3,(H,17,19);1-4H2;. The molecule has 23 heteroatoms. The van der Waals surface area contributed by atoms with Gasteiger partial charge in [-0.15, -0.1) is 23.2 Å². The topological polar surface area (TPSA) is 267 Å². The van der Waals surface area contributed by atoms with Gasteiger partial charge in [-0.25, -0.2) is 28.8 Å². The fourth-order valence-corrected chi connectivity index (χ4v) is 4.52. The van der Waals surface area contributed by atoms with Crippen LogP contribution in [0, 0.1) is 0 Å². The minimum atomic E-state index is -1.10. The van der Waals surface area contributed by atoms with Gasteiger partial charge < -0.3 is 50.1 Å². The molecule has 1 radical (unpaired) electrons. The molecule has 0 aromatic carbocycles. The molecule has 5 amide bonds. The van der Waals surface area contributed by atoms with Crippen LogP contribution in [-0.2, 0) is 71.0 Å². The number of amides is 5. The van der Waals surface area contributed by atoms with E-state index in [1.165, 1.54) is 0 Å². The second-order valence-electron chi connectivity index (χ2n) is 17.5. The number of ether oxygens (including phenoxy) is 6. The molecule has 1 aliphatic rings. The molecule has 1 fully saturated rings. The average molecular weight is 984 g/mol. The molecule has 0 saturated carbocycles. The number of carbonyl (C=O) groups excluding carboxylic acids is 8. The third kappa shape index (κ3) is 37.4. The number of hydrogen-bond donors (Lipinski definition) is 4. The number of unbranched alkanes of at least 4 members (excludes halogenated alkanes) is 2. The zero-order valence-electron chi connectivity index (χ0n) is 38.9. The SMILES string of the molecule is CC(C)(C)OC(=O)NC(CCCCN)C(=O)OC(C)(C)C.CC(C)(C)OC(=O)NC(CCCCNC(=O)OCCCl)C(=O)OC(C)(C)C.O=C(OCCCl)ON1C(=O)CCC1=O.[V]. The van der Waals surface area contributed by atoms with Crippen molar-refractivity contribution in [3.8, 4) is 0 Å². The molecule has 1 rings (SSSR count). The number of rotatable bonds is 18. The van der Waals surface area contributed by atoms with Crippen LogP contribution in [0.2, 0.25) is 0 Å². The molecule has 63 heavy (non-hydrogen) atoms. The fourth-order valence-electron chi connectivity index (χ4n) is 4.36. The van der Waals surface area contributed by atoms with E-state index in [0.717, 1.165) is 12.8 Å². The minimum Gasteiger partial charge on any atom is -0.458 e. The number of nitrogens with one attached hydrogen (secondary N) is 3. The van der Waals surface area contributed by atoms with Gasteiger partial charge in [-0.1, -0.05) is 5.06 Å². The summed E-state index contributed by atoms with van der Waals surface area (Å²) in [5.74, 6) is -1.71. The van der Waals surface area contributed by atoms with Crippen molar-refractivity contribution in [3.05, 3.63) is 0 Å². The van der Waals surface area contributed by atoms with Gasteiger partial charge in [0, 0.05) is 37.9 Å². The largest absolute Gasteiger partial charge is 0.533 e. The van der Waals surface area contributed by atoms with Crippen LogP contribution in [0.25, 0.3) is 0 Å². The first kappa shape index (κ1) is 63.6. The molecule has 20 nitrogen and oxygen atoms in total. The molecule has 2 unspecified atom stereocenters. The number of alkyl carbamates (subject to hydrolysis) is 3. The van der Waals surface area contributed by atoms with Crippen LogP contribution in [0.15, 0.2) is 0 Å². The van der Waals surface area contributed by atoms with Gasteiger partial charge in [0.1, 0.15) is 47.7 Å². The van der Waals surface area contributed by atoms with E-state index < -0.39 is 82.7 Å². The smallest absolute Gasteiger partial charge is 0.458 e. The Morgan fingerprint density at radius 3 is 1.35 bits per heavy atom. The summed E-state index contributed by atoms with van der Waals surface area (Å²) in [7, 11) is 0. The number of hydrogen-bond acceptors (Lipinski definition) is 16. The zero-order chi connectivity index (χ0) is 48.3. The van der Waals surface area contributed by atoms with Gasteiger partial charge in [0.2, 0.25) is 0 Å². The summed E-state index contributed by atoms with van der Waals surface area (Å²) < 4.78 is 30.2. The van der Waals surface area contributed by atoms with E-state index in [0.29, 0.717) is 43.8 Å². The number of esters is 2. The van der Waals surface area contributed by atoms with Gasteiger partial charge >= 0.3 is 36.4 Å². The summed E-state index contributed by atoms with van der Waals surface area (Å²) in [6, 6.07) is -1.55. The van der Waals surface area contributed by atoms with Crippen molar-refractivity contribution in [2.45, 2.75) is 169 Å². The van der Waals surface area contributed by atoms with Crippen LogP contribution in [0.5, 0.6) is 0 Å². The summed E-state index contributed by atoms with van der Waals surface area (Å²) in [6.07, 6.45) is 0.709. The van der Waals surface area contributed by atoms with Gasteiger partial charge in [0.25, 0.3) is 11.8 Å². The summed E-state index contributed by atoms with van der Waals surface area (Å²) in [4.78, 5) is 96.6. The first-order valence-corrected chi connectivity index (χ1v) is 21.4. The van der Waals surface area contributed by atoms with Crippen molar-refractivity contribution in [3.63, 3.8) is 0 Å². The van der Waals surface area contributed by atoms with Gasteiger partial charge in [-0.2, -0.15) is 0 Å². The van der Waals surface area contributed by atoms with Crippen molar-refractivity contribution < 1.29 is 90.2 Å². The van der Waals surface area contributed by atoms with Crippen LogP contribution >= 0.6 is 23.2 Å². The molecule has 5 N–H and O–H groups in total. The maximum atomic E-state index is 12.4. The molecule has 2 atom stereocenters. The predicted molar refractivity (Wildman–Crippen MR) is 229 cm³/mol. The maximum Gasteiger partial charge on any atom is 0.533 e. The van der Waals surface area contributed by atoms with E-state index in [1.807, 2.05) is 0 Å². The van der Waals surface area contributed by atoms with E-state index in [9.17, 15) is 38.4 Å². The van der Waals surface area contributed by atoms with E-state index >= 15 is 0 Å². The maximum absolute atomic E-state index is 12.4. The monoisotopic (exact) mass is 982 g/mol. The molecule has 1 aliphatic heterocycles. The quantitative estimate of drug-likeness (QED) is 0.0395. The van der Waals surface area contributed by atoms with E-state index in [-0.39, 0.29) is 56.4 Å². The van der Waals surface area contributed by atoms with E-state index in [4.69, 9.17) is 52.6 Å². The molecule has 0 aromatic rings. The number of hydroxylamine groups is 2. The number of nitrogens with zero attached hydrogens (tertiary/aromatic N) is 1. The summed E-state index contributed by atoms with van der Waals surface area (Å²) >= 11 is 10.7. The van der Waals surface area contributed by atoms with Crippen LogP contribution in [0.4, 0.5) is 19.2 Å². The Kier molecular flexibility index (Phi) is 32.3. The van der Waals surface area contributed by atoms with Crippen molar-refractivity contribution in [2.75, 3.05) is 38.1 Å². The Morgan fingerprint density at radius 2 is 0.984 bits per heavy atom. The van der Waals surface area contributed by atoms with Crippen LogP contribution in [-0.4, -0.2) is 126 Å². The normalized spacial score (nSPS) is 13.5. The molecule has 1 saturated heterocycles. The molecule has 0 aliphatic carbocycles. The molecule has 0 bridgehead atoms. The minimum absolute atomic E-state index is 0. The van der Waals surface area contributed by atoms with Gasteiger partial charge in [0.05, 0.1) is 11.8 Å². The Balaban J connectivity index is -0.000000890. The van der Waals surface area contributed by atoms with E-state index in [2.05, 4.69) is 25.5 Å². The Hall–Kier alpha value is -3.72. The number of halogens is 2. The third-order valence-corrected chi connectivity index (χ3v) is 6.99. The summed E-state index contributed by atoms with van der Waals surface area (Å²) in [5, 5.41) is 8.14. The number of carbonyl (C=O) groups is 8. The first-order chi connectivity index (χ1) is 28.4. The Morgan fingerprint density at radius 1 is 0.603 bits per heavy atom.